The van der Waals surface area contributed by atoms with E-state index in [0.29, 0.717) is 11.5 Å². The molecule has 0 saturated carbocycles. The van der Waals surface area contributed by atoms with Crippen molar-refractivity contribution in [2.45, 2.75) is 70.9 Å². The minimum atomic E-state index is 0.450. The zero-order valence-corrected chi connectivity index (χ0v) is 14.6. The Kier molecular flexibility index (Phi) is 7.20. The minimum absolute atomic E-state index is 0.450. The summed E-state index contributed by atoms with van der Waals surface area (Å²) in [6.07, 6.45) is 2.55. The van der Waals surface area contributed by atoms with E-state index in [0.717, 1.165) is 17.0 Å². The molecule has 1 rings (SSSR count). The minimum Gasteiger partial charge on any atom is -0.314 e. The fourth-order valence-corrected chi connectivity index (χ4v) is 4.47. The Hall–Kier alpha value is 0.270. The molecular formula is C16H34N2S. The van der Waals surface area contributed by atoms with Crippen molar-refractivity contribution in [1.82, 2.24) is 10.2 Å². The fourth-order valence-electron chi connectivity index (χ4n) is 3.09. The monoisotopic (exact) mass is 286 g/mol. The molecule has 0 bridgehead atoms. The Morgan fingerprint density at radius 1 is 1.16 bits per heavy atom. The van der Waals surface area contributed by atoms with E-state index in [4.69, 9.17) is 0 Å². The lowest BCUT2D eigenvalue weighted by Crippen LogP contribution is -2.49. The van der Waals surface area contributed by atoms with Gasteiger partial charge in [0.05, 0.1) is 0 Å². The van der Waals surface area contributed by atoms with Crippen molar-refractivity contribution in [1.29, 1.82) is 0 Å². The van der Waals surface area contributed by atoms with Crippen LogP contribution in [0.15, 0.2) is 0 Å². The molecule has 1 aliphatic heterocycles. The Labute approximate surface area is 125 Å². The molecule has 0 aromatic rings. The Morgan fingerprint density at radius 2 is 1.68 bits per heavy atom. The van der Waals surface area contributed by atoms with Crippen molar-refractivity contribution in [3.63, 3.8) is 0 Å². The number of hydrogen-bond donors (Lipinski definition) is 1. The SMILES string of the molecule is CCC(CC)(CNC(C)C)CN1CC(C)SC(C)C1. The van der Waals surface area contributed by atoms with Crippen LogP contribution in [0.4, 0.5) is 0 Å². The molecule has 114 valence electrons. The van der Waals surface area contributed by atoms with Gasteiger partial charge in [-0.3, -0.25) is 0 Å². The van der Waals surface area contributed by atoms with E-state index in [1.165, 1.54) is 32.5 Å². The van der Waals surface area contributed by atoms with E-state index in [9.17, 15) is 0 Å². The third-order valence-corrected chi connectivity index (χ3v) is 5.67. The predicted molar refractivity (Wildman–Crippen MR) is 89.1 cm³/mol. The van der Waals surface area contributed by atoms with Crippen LogP contribution in [-0.2, 0) is 0 Å². The standard InChI is InChI=1S/C16H34N2S/c1-7-16(8-2,11-17-13(3)4)12-18-9-14(5)19-15(6)10-18/h13-15,17H,7-12H2,1-6H3. The predicted octanol–water partition coefficient (Wildman–Crippen LogP) is 3.62. The molecule has 3 heteroatoms. The van der Waals surface area contributed by atoms with Crippen LogP contribution in [0, 0.1) is 5.41 Å². The van der Waals surface area contributed by atoms with Gasteiger partial charge in [0.15, 0.2) is 0 Å². The summed E-state index contributed by atoms with van der Waals surface area (Å²) in [6.45, 7) is 18.9. The molecule has 2 atom stereocenters. The van der Waals surface area contributed by atoms with E-state index >= 15 is 0 Å². The van der Waals surface area contributed by atoms with E-state index in [2.05, 4.69) is 63.5 Å². The van der Waals surface area contributed by atoms with E-state index in [1.807, 2.05) is 0 Å². The zero-order valence-electron chi connectivity index (χ0n) is 13.8. The topological polar surface area (TPSA) is 15.3 Å². The van der Waals surface area contributed by atoms with Gasteiger partial charge in [0.2, 0.25) is 0 Å². The van der Waals surface area contributed by atoms with Gasteiger partial charge in [-0.05, 0) is 18.3 Å². The largest absolute Gasteiger partial charge is 0.314 e. The third kappa shape index (κ3) is 5.65. The van der Waals surface area contributed by atoms with Gasteiger partial charge in [0.25, 0.3) is 0 Å². The van der Waals surface area contributed by atoms with Crippen LogP contribution in [0.2, 0.25) is 0 Å². The van der Waals surface area contributed by atoms with Crippen LogP contribution in [0.5, 0.6) is 0 Å². The summed E-state index contributed by atoms with van der Waals surface area (Å²) in [5, 5.41) is 5.24. The number of hydrogen-bond acceptors (Lipinski definition) is 3. The normalized spacial score (nSPS) is 26.1. The lowest BCUT2D eigenvalue weighted by Gasteiger charge is -2.42. The Bertz CT molecular complexity index is 241. The average Bonchev–Trinajstić information content (AvgIpc) is 2.33. The summed E-state index contributed by atoms with van der Waals surface area (Å²) in [5.74, 6) is 0. The first-order valence-corrected chi connectivity index (χ1v) is 8.96. The maximum Gasteiger partial charge on any atom is 0.0149 e. The van der Waals surface area contributed by atoms with Crippen LogP contribution in [0.1, 0.15) is 54.4 Å². The molecule has 0 aliphatic carbocycles. The molecule has 1 aliphatic rings. The summed E-state index contributed by atoms with van der Waals surface area (Å²) in [4.78, 5) is 2.71. The van der Waals surface area contributed by atoms with Crippen LogP contribution in [0.25, 0.3) is 0 Å². The number of rotatable bonds is 7. The van der Waals surface area contributed by atoms with Crippen LogP contribution in [-0.4, -0.2) is 47.6 Å². The molecule has 0 spiro atoms. The van der Waals surface area contributed by atoms with Crippen LogP contribution < -0.4 is 5.32 Å². The van der Waals surface area contributed by atoms with Crippen molar-refractivity contribution in [2.24, 2.45) is 5.41 Å². The molecule has 0 radical (unpaired) electrons. The second-order valence-corrected chi connectivity index (χ2v) is 8.58. The lowest BCUT2D eigenvalue weighted by atomic mass is 9.81. The maximum atomic E-state index is 3.67. The first-order chi connectivity index (χ1) is 8.90. The second kappa shape index (κ2) is 7.90. The van der Waals surface area contributed by atoms with Gasteiger partial charge in [0, 0.05) is 42.7 Å². The molecule has 0 amide bonds. The Balaban J connectivity index is 2.60. The van der Waals surface area contributed by atoms with Crippen molar-refractivity contribution < 1.29 is 0 Å². The smallest absolute Gasteiger partial charge is 0.0149 e. The number of nitrogens with one attached hydrogen (secondary N) is 1. The Morgan fingerprint density at radius 3 is 2.11 bits per heavy atom. The quantitative estimate of drug-likeness (QED) is 0.769. The molecule has 1 N–H and O–H groups in total. The molecule has 2 nitrogen and oxygen atoms in total. The van der Waals surface area contributed by atoms with Crippen molar-refractivity contribution in [2.75, 3.05) is 26.2 Å². The molecular weight excluding hydrogens is 252 g/mol. The molecule has 0 aromatic carbocycles. The van der Waals surface area contributed by atoms with Gasteiger partial charge in [-0.15, -0.1) is 0 Å². The molecule has 0 aromatic heterocycles. The fraction of sp³-hybridized carbons (Fsp3) is 1.00. The molecule has 2 unspecified atom stereocenters. The maximum absolute atomic E-state index is 3.67. The number of thioether (sulfide) groups is 1. The van der Waals surface area contributed by atoms with Crippen molar-refractivity contribution in [3.8, 4) is 0 Å². The number of nitrogens with zero attached hydrogens (tertiary/aromatic N) is 1. The van der Waals surface area contributed by atoms with Gasteiger partial charge >= 0.3 is 0 Å². The van der Waals surface area contributed by atoms with Crippen LogP contribution >= 0.6 is 11.8 Å². The van der Waals surface area contributed by atoms with Gasteiger partial charge in [-0.2, -0.15) is 11.8 Å². The van der Waals surface area contributed by atoms with E-state index in [1.54, 1.807) is 0 Å². The molecule has 1 fully saturated rings. The molecule has 1 heterocycles. The zero-order chi connectivity index (χ0) is 14.5. The summed E-state index contributed by atoms with van der Waals surface area (Å²) >= 11 is 2.15. The third-order valence-electron chi connectivity index (χ3n) is 4.44. The van der Waals surface area contributed by atoms with E-state index in [-0.39, 0.29) is 0 Å². The second-order valence-electron chi connectivity index (χ2n) is 6.69. The van der Waals surface area contributed by atoms with Gasteiger partial charge < -0.3 is 10.2 Å². The van der Waals surface area contributed by atoms with Crippen molar-refractivity contribution >= 4 is 11.8 Å². The first kappa shape index (κ1) is 17.3. The first-order valence-electron chi connectivity index (χ1n) is 8.02. The van der Waals surface area contributed by atoms with Crippen LogP contribution in [0.3, 0.4) is 0 Å². The highest BCUT2D eigenvalue weighted by molar-refractivity contribution is 8.00. The van der Waals surface area contributed by atoms with Gasteiger partial charge in [0.1, 0.15) is 0 Å². The van der Waals surface area contributed by atoms with Gasteiger partial charge in [-0.25, -0.2) is 0 Å². The van der Waals surface area contributed by atoms with E-state index < -0.39 is 0 Å². The van der Waals surface area contributed by atoms with Crippen molar-refractivity contribution in [3.05, 3.63) is 0 Å². The summed E-state index contributed by atoms with van der Waals surface area (Å²) in [5.41, 5.74) is 0.450. The summed E-state index contributed by atoms with van der Waals surface area (Å²) in [7, 11) is 0. The highest BCUT2D eigenvalue weighted by Gasteiger charge is 2.32. The molecule has 1 saturated heterocycles. The summed E-state index contributed by atoms with van der Waals surface area (Å²) < 4.78 is 0. The highest BCUT2D eigenvalue weighted by atomic mass is 32.2. The average molecular weight is 287 g/mol. The lowest BCUT2D eigenvalue weighted by molar-refractivity contribution is 0.130. The summed E-state index contributed by atoms with van der Waals surface area (Å²) in [6, 6.07) is 0.590. The molecule has 19 heavy (non-hydrogen) atoms. The van der Waals surface area contributed by atoms with Gasteiger partial charge in [-0.1, -0.05) is 41.5 Å². The highest BCUT2D eigenvalue weighted by Crippen LogP contribution is 2.31.